The fourth-order valence-corrected chi connectivity index (χ4v) is 4.47. The maximum Gasteiger partial charge on any atom is 0.259 e. The fourth-order valence-electron chi connectivity index (χ4n) is 4.47. The molecule has 3 heterocycles. The van der Waals surface area contributed by atoms with Crippen LogP contribution in [0.2, 0.25) is 0 Å². The second-order valence-electron chi connectivity index (χ2n) is 8.29. The van der Waals surface area contributed by atoms with E-state index < -0.39 is 0 Å². The average Bonchev–Trinajstić information content (AvgIpc) is 2.92. The van der Waals surface area contributed by atoms with Gasteiger partial charge in [0, 0.05) is 6.20 Å². The predicted molar refractivity (Wildman–Crippen MR) is 123 cm³/mol. The molecule has 0 atom stereocenters. The summed E-state index contributed by atoms with van der Waals surface area (Å²) in [7, 11) is 0. The highest BCUT2D eigenvalue weighted by Crippen LogP contribution is 2.36. The van der Waals surface area contributed by atoms with Crippen molar-refractivity contribution in [2.24, 2.45) is 5.92 Å². The highest BCUT2D eigenvalue weighted by atomic mass is 16.2. The van der Waals surface area contributed by atoms with Gasteiger partial charge in [-0.1, -0.05) is 19.1 Å². The number of hydrogen-bond donors (Lipinski definition) is 2. The van der Waals surface area contributed by atoms with Crippen LogP contribution in [0.15, 0.2) is 42.6 Å². The molecular weight excluding hydrogens is 390 g/mol. The minimum Gasteiger partial charge on any atom is -0.320 e. The van der Waals surface area contributed by atoms with Crippen LogP contribution >= 0.6 is 0 Å². The lowest BCUT2D eigenvalue weighted by Crippen LogP contribution is -2.42. The molecule has 0 radical (unpaired) electrons. The molecule has 2 amide bonds. The Balaban J connectivity index is 1.45. The molecule has 0 aliphatic carbocycles. The van der Waals surface area contributed by atoms with Crippen molar-refractivity contribution in [2.75, 3.05) is 42.9 Å². The number of pyridine rings is 1. The van der Waals surface area contributed by atoms with E-state index >= 15 is 0 Å². The molecule has 2 N–H and O–H groups in total. The van der Waals surface area contributed by atoms with Gasteiger partial charge in [0.15, 0.2) is 5.82 Å². The molecule has 0 saturated carbocycles. The number of piperidine rings is 1. The van der Waals surface area contributed by atoms with Crippen LogP contribution in [0.4, 0.5) is 17.2 Å². The summed E-state index contributed by atoms with van der Waals surface area (Å²) < 4.78 is 0. The van der Waals surface area contributed by atoms with Gasteiger partial charge < -0.3 is 10.6 Å². The summed E-state index contributed by atoms with van der Waals surface area (Å²) in [5, 5.41) is 6.30. The molecule has 2 aromatic rings. The summed E-state index contributed by atoms with van der Waals surface area (Å²) in [4.78, 5) is 34.4. The van der Waals surface area contributed by atoms with Crippen LogP contribution in [0.3, 0.4) is 0 Å². The maximum atomic E-state index is 13.5. The number of para-hydroxylation sites is 2. The first-order chi connectivity index (χ1) is 15.2. The molecule has 1 saturated heterocycles. The Hall–Kier alpha value is -2.77. The monoisotopic (exact) mass is 421 g/mol. The number of rotatable bonds is 7. The number of likely N-dealkylation sites (tertiary alicyclic amines) is 1. The zero-order chi connectivity index (χ0) is 21.6. The van der Waals surface area contributed by atoms with Crippen LogP contribution in [0.1, 0.15) is 43.0 Å². The van der Waals surface area contributed by atoms with Gasteiger partial charge in [-0.25, -0.2) is 4.98 Å². The summed E-state index contributed by atoms with van der Waals surface area (Å²) in [6.07, 6.45) is 6.35. The third-order valence-corrected chi connectivity index (χ3v) is 6.17. The van der Waals surface area contributed by atoms with Gasteiger partial charge in [-0.2, -0.15) is 0 Å². The van der Waals surface area contributed by atoms with E-state index in [1.165, 1.54) is 12.8 Å². The Labute approximate surface area is 183 Å². The maximum absolute atomic E-state index is 13.5. The minimum absolute atomic E-state index is 0.0607. The Morgan fingerprint density at radius 2 is 2.00 bits per heavy atom. The van der Waals surface area contributed by atoms with Gasteiger partial charge in [-0.3, -0.25) is 19.4 Å². The summed E-state index contributed by atoms with van der Waals surface area (Å²) in [6.45, 7) is 6.43. The fraction of sp³-hybridized carbons (Fsp3) is 0.458. The zero-order valence-corrected chi connectivity index (χ0v) is 18.1. The summed E-state index contributed by atoms with van der Waals surface area (Å²) in [6, 6.07) is 10.8. The molecular formula is C24H31N5O2. The molecule has 31 heavy (non-hydrogen) atoms. The smallest absolute Gasteiger partial charge is 0.259 e. The number of carbonyl (C=O) groups is 2. The molecule has 1 fully saturated rings. The summed E-state index contributed by atoms with van der Waals surface area (Å²) in [5.74, 6) is 0.833. The highest BCUT2D eigenvalue weighted by Gasteiger charge is 2.31. The number of amides is 2. The molecule has 0 spiro atoms. The van der Waals surface area contributed by atoms with Gasteiger partial charge in [0.25, 0.3) is 5.91 Å². The molecule has 0 bridgehead atoms. The molecule has 164 valence electrons. The number of nitrogens with zero attached hydrogens (tertiary/aromatic N) is 3. The Kier molecular flexibility index (Phi) is 6.94. The number of fused-ring (bicyclic) bond motifs is 2. The van der Waals surface area contributed by atoms with E-state index in [4.69, 9.17) is 0 Å². The largest absolute Gasteiger partial charge is 0.320 e. The number of hydrogen-bond acceptors (Lipinski definition) is 5. The van der Waals surface area contributed by atoms with E-state index in [-0.39, 0.29) is 11.8 Å². The molecule has 2 aliphatic rings. The second-order valence-corrected chi connectivity index (χ2v) is 8.29. The van der Waals surface area contributed by atoms with Crippen molar-refractivity contribution >= 4 is 29.0 Å². The topological polar surface area (TPSA) is 77.6 Å². The van der Waals surface area contributed by atoms with E-state index in [1.807, 2.05) is 24.3 Å². The molecule has 1 aromatic carbocycles. The zero-order valence-electron chi connectivity index (χ0n) is 18.1. The van der Waals surface area contributed by atoms with E-state index in [2.05, 4.69) is 27.4 Å². The van der Waals surface area contributed by atoms with Crippen molar-refractivity contribution in [1.29, 1.82) is 0 Å². The Bertz CT molecular complexity index is 924. The lowest BCUT2D eigenvalue weighted by molar-refractivity contribution is -0.119. The van der Waals surface area contributed by atoms with Crippen molar-refractivity contribution in [1.82, 2.24) is 15.2 Å². The number of nitrogens with one attached hydrogen (secondary N) is 2. The molecule has 4 rings (SSSR count). The number of benzene rings is 1. The van der Waals surface area contributed by atoms with Crippen molar-refractivity contribution < 1.29 is 9.59 Å². The predicted octanol–water partition coefficient (Wildman–Crippen LogP) is 3.41. The number of anilines is 3. The average molecular weight is 422 g/mol. The van der Waals surface area contributed by atoms with Crippen LogP contribution < -0.4 is 15.5 Å². The van der Waals surface area contributed by atoms with Crippen LogP contribution in [-0.4, -0.2) is 54.4 Å². The number of carbonyl (C=O) groups excluding carboxylic acids is 2. The van der Waals surface area contributed by atoms with Gasteiger partial charge in [0.05, 0.1) is 23.5 Å². The van der Waals surface area contributed by atoms with E-state index in [9.17, 15) is 9.59 Å². The Morgan fingerprint density at radius 3 is 2.81 bits per heavy atom. The lowest BCUT2D eigenvalue weighted by atomic mass is 9.92. The van der Waals surface area contributed by atoms with E-state index in [0.29, 0.717) is 29.3 Å². The lowest BCUT2D eigenvalue weighted by Gasteiger charge is -2.33. The van der Waals surface area contributed by atoms with Gasteiger partial charge in [0.1, 0.15) is 0 Å². The van der Waals surface area contributed by atoms with Crippen LogP contribution in [0.25, 0.3) is 0 Å². The Morgan fingerprint density at radius 1 is 1.19 bits per heavy atom. The molecule has 1 aromatic heterocycles. The molecule has 7 heteroatoms. The second kappa shape index (κ2) is 10.0. The van der Waals surface area contributed by atoms with E-state index in [1.54, 1.807) is 23.2 Å². The summed E-state index contributed by atoms with van der Waals surface area (Å²) in [5.41, 5.74) is 1.70. The van der Waals surface area contributed by atoms with Crippen molar-refractivity contribution in [3.63, 3.8) is 0 Å². The highest BCUT2D eigenvalue weighted by molar-refractivity contribution is 6.17. The SMILES string of the molecule is CCNCCCC1CCN(CC(=O)N2c3ccccc3NC(=O)c3cccnc32)CC1. The van der Waals surface area contributed by atoms with Crippen LogP contribution in [0, 0.1) is 5.92 Å². The van der Waals surface area contributed by atoms with Gasteiger partial charge in [0.2, 0.25) is 5.91 Å². The van der Waals surface area contributed by atoms with E-state index in [0.717, 1.165) is 44.9 Å². The molecule has 7 nitrogen and oxygen atoms in total. The van der Waals surface area contributed by atoms with Crippen LogP contribution in [0.5, 0.6) is 0 Å². The van der Waals surface area contributed by atoms with Crippen molar-refractivity contribution in [2.45, 2.75) is 32.6 Å². The third kappa shape index (κ3) is 4.94. The van der Waals surface area contributed by atoms with Gasteiger partial charge >= 0.3 is 0 Å². The third-order valence-electron chi connectivity index (χ3n) is 6.17. The van der Waals surface area contributed by atoms with Gasteiger partial charge in [-0.05, 0) is 82.0 Å². The summed E-state index contributed by atoms with van der Waals surface area (Å²) >= 11 is 0. The minimum atomic E-state index is -0.246. The standard InChI is InChI=1S/C24H31N5O2/c1-2-25-13-5-7-18-11-15-28(16-12-18)17-22(30)29-21-10-4-3-9-20(21)27-24(31)19-8-6-14-26-23(19)29/h3-4,6,8-10,14,18,25H,2,5,7,11-13,15-17H2,1H3,(H,27,31). The first kappa shape index (κ1) is 21.5. The van der Waals surface area contributed by atoms with Crippen molar-refractivity contribution in [3.8, 4) is 0 Å². The first-order valence-corrected chi connectivity index (χ1v) is 11.3. The van der Waals surface area contributed by atoms with Gasteiger partial charge in [-0.15, -0.1) is 0 Å². The quantitative estimate of drug-likeness (QED) is 0.670. The van der Waals surface area contributed by atoms with Crippen LogP contribution in [-0.2, 0) is 4.79 Å². The normalized spacial score (nSPS) is 16.9. The van der Waals surface area contributed by atoms with Crippen molar-refractivity contribution in [3.05, 3.63) is 48.2 Å². The molecule has 2 aliphatic heterocycles. The first-order valence-electron chi connectivity index (χ1n) is 11.3. The number of aromatic nitrogens is 1. The molecule has 0 unspecified atom stereocenters.